The Hall–Kier alpha value is -2.63. The summed E-state index contributed by atoms with van der Waals surface area (Å²) in [5.74, 6) is -0.868. The Labute approximate surface area is 454 Å². The molecule has 0 fully saturated rings. The lowest BCUT2D eigenvalue weighted by Crippen LogP contribution is -2.30. The van der Waals surface area contributed by atoms with Gasteiger partial charge in [-0.15, -0.1) is 0 Å². The molecule has 1 unspecified atom stereocenters. The molecule has 0 radical (unpaired) electrons. The highest BCUT2D eigenvalue weighted by atomic mass is 16.6. The molecule has 0 aromatic carbocycles. The van der Waals surface area contributed by atoms with Gasteiger partial charge in [-0.1, -0.05) is 294 Å². The SMILES string of the molecule is CCC/C=C\C/C=C\CCCCCCCC(=O)OCC(COC(=O)CCCCCCCCCCCCCCCCC/C=C\C/C=C\CCCCCCC)OC(=O)CCCCCCCCCCCCCCCCC. The molecule has 0 aliphatic rings. The molecule has 0 saturated heterocycles. The molecule has 0 bridgehead atoms. The van der Waals surface area contributed by atoms with Crippen LogP contribution < -0.4 is 0 Å². The second-order valence-corrected chi connectivity index (χ2v) is 21.7. The van der Waals surface area contributed by atoms with E-state index in [9.17, 15) is 14.4 Å². The van der Waals surface area contributed by atoms with Gasteiger partial charge >= 0.3 is 17.9 Å². The number of esters is 3. The molecule has 0 spiro atoms. The Bertz CT molecular complexity index is 1270. The van der Waals surface area contributed by atoms with Crippen molar-refractivity contribution < 1.29 is 28.6 Å². The normalized spacial score (nSPS) is 12.3. The number of hydrogen-bond donors (Lipinski definition) is 0. The molecule has 0 rings (SSSR count). The molecule has 0 saturated carbocycles. The lowest BCUT2D eigenvalue weighted by Gasteiger charge is -2.18. The maximum absolute atomic E-state index is 12.9. The maximum Gasteiger partial charge on any atom is 0.306 e. The van der Waals surface area contributed by atoms with Crippen LogP contribution in [0, 0.1) is 0 Å². The molecule has 6 nitrogen and oxygen atoms in total. The van der Waals surface area contributed by atoms with Gasteiger partial charge in [-0.05, 0) is 77.0 Å². The van der Waals surface area contributed by atoms with Crippen molar-refractivity contribution in [2.24, 2.45) is 0 Å². The fourth-order valence-electron chi connectivity index (χ4n) is 9.46. The number of ether oxygens (including phenoxy) is 3. The van der Waals surface area contributed by atoms with Crippen molar-refractivity contribution in [2.75, 3.05) is 13.2 Å². The topological polar surface area (TPSA) is 78.9 Å². The van der Waals surface area contributed by atoms with Gasteiger partial charge in [-0.3, -0.25) is 14.4 Å². The van der Waals surface area contributed by atoms with Crippen molar-refractivity contribution >= 4 is 17.9 Å². The van der Waals surface area contributed by atoms with Gasteiger partial charge < -0.3 is 14.2 Å². The zero-order chi connectivity index (χ0) is 52.9. The lowest BCUT2D eigenvalue weighted by molar-refractivity contribution is -0.167. The minimum absolute atomic E-state index is 0.0736. The predicted octanol–water partition coefficient (Wildman–Crippen LogP) is 21.8. The van der Waals surface area contributed by atoms with Crippen LogP contribution in [0.15, 0.2) is 48.6 Å². The van der Waals surface area contributed by atoms with Crippen LogP contribution in [0.25, 0.3) is 0 Å². The van der Waals surface area contributed by atoms with Crippen molar-refractivity contribution in [1.29, 1.82) is 0 Å². The van der Waals surface area contributed by atoms with E-state index in [0.29, 0.717) is 19.3 Å². The zero-order valence-corrected chi connectivity index (χ0v) is 48.9. The molecule has 0 N–H and O–H groups in total. The summed E-state index contributed by atoms with van der Waals surface area (Å²) in [6.07, 6.45) is 77.0. The van der Waals surface area contributed by atoms with E-state index in [1.165, 1.54) is 212 Å². The Morgan fingerprint density at radius 1 is 0.274 bits per heavy atom. The number of allylic oxidation sites excluding steroid dienone is 8. The first-order valence-electron chi connectivity index (χ1n) is 32.1. The molecule has 0 aromatic heterocycles. The number of unbranched alkanes of at least 4 members (excludes halogenated alkanes) is 40. The van der Waals surface area contributed by atoms with E-state index in [0.717, 1.165) is 89.9 Å². The monoisotopic (exact) mass is 1020 g/mol. The van der Waals surface area contributed by atoms with Gasteiger partial charge in [0.25, 0.3) is 0 Å². The quantitative estimate of drug-likeness (QED) is 0.0261. The van der Waals surface area contributed by atoms with Crippen molar-refractivity contribution in [1.82, 2.24) is 0 Å². The van der Waals surface area contributed by atoms with E-state index >= 15 is 0 Å². The number of carbonyl (C=O) groups is 3. The summed E-state index contributed by atoms with van der Waals surface area (Å²) in [7, 11) is 0. The predicted molar refractivity (Wildman–Crippen MR) is 316 cm³/mol. The van der Waals surface area contributed by atoms with E-state index in [4.69, 9.17) is 14.2 Å². The zero-order valence-electron chi connectivity index (χ0n) is 48.9. The fourth-order valence-corrected chi connectivity index (χ4v) is 9.46. The van der Waals surface area contributed by atoms with Crippen molar-refractivity contribution in [3.05, 3.63) is 48.6 Å². The van der Waals surface area contributed by atoms with E-state index < -0.39 is 6.10 Å². The second-order valence-electron chi connectivity index (χ2n) is 21.7. The molecule has 0 amide bonds. The molecule has 0 heterocycles. The first kappa shape index (κ1) is 70.4. The minimum Gasteiger partial charge on any atom is -0.462 e. The Kier molecular flexibility index (Phi) is 59.7. The molecule has 73 heavy (non-hydrogen) atoms. The minimum atomic E-state index is -0.776. The molecule has 6 heteroatoms. The molecular formula is C67H122O6. The van der Waals surface area contributed by atoms with Crippen molar-refractivity contribution in [2.45, 2.75) is 348 Å². The van der Waals surface area contributed by atoms with E-state index in [1.807, 2.05) is 0 Å². The van der Waals surface area contributed by atoms with Crippen molar-refractivity contribution in [3.8, 4) is 0 Å². The highest BCUT2D eigenvalue weighted by Gasteiger charge is 2.19. The molecular weight excluding hydrogens is 901 g/mol. The highest BCUT2D eigenvalue weighted by molar-refractivity contribution is 5.71. The van der Waals surface area contributed by atoms with Gasteiger partial charge in [-0.25, -0.2) is 0 Å². The standard InChI is InChI=1S/C67H122O6/c1-4-7-10-13-16-19-22-25-27-28-29-30-31-32-33-34-35-36-37-38-40-42-45-48-51-54-57-60-66(69)72-63-64(62-71-65(68)59-56-53-50-47-44-41-24-21-18-15-12-9-6-3)73-67(70)61-58-55-52-49-46-43-39-26-23-20-17-14-11-8-5-2/h12,15,21-22,24-25,28-29,64H,4-11,13-14,16-20,23,26-27,30-63H2,1-3H3/b15-12-,24-21-,25-22-,29-28-. The van der Waals surface area contributed by atoms with Gasteiger partial charge in [0.05, 0.1) is 0 Å². The van der Waals surface area contributed by atoms with Crippen LogP contribution in [0.5, 0.6) is 0 Å². The summed E-state index contributed by atoms with van der Waals surface area (Å²) in [6, 6.07) is 0. The van der Waals surface area contributed by atoms with Crippen molar-refractivity contribution in [3.63, 3.8) is 0 Å². The average molecular weight is 1020 g/mol. The van der Waals surface area contributed by atoms with Gasteiger partial charge in [-0.2, -0.15) is 0 Å². The fraction of sp³-hybridized carbons (Fsp3) is 0.836. The van der Waals surface area contributed by atoms with E-state index in [2.05, 4.69) is 69.4 Å². The number of hydrogen-bond acceptors (Lipinski definition) is 6. The molecule has 0 aliphatic carbocycles. The van der Waals surface area contributed by atoms with Crippen LogP contribution in [-0.4, -0.2) is 37.2 Å². The van der Waals surface area contributed by atoms with Crippen LogP contribution in [0.1, 0.15) is 342 Å². The molecule has 1 atom stereocenters. The van der Waals surface area contributed by atoms with Crippen LogP contribution in [0.4, 0.5) is 0 Å². The number of carbonyl (C=O) groups excluding carboxylic acids is 3. The third-order valence-corrected chi connectivity index (χ3v) is 14.3. The largest absolute Gasteiger partial charge is 0.462 e. The Balaban J connectivity index is 4.21. The summed E-state index contributed by atoms with van der Waals surface area (Å²) < 4.78 is 16.9. The van der Waals surface area contributed by atoms with Gasteiger partial charge in [0, 0.05) is 19.3 Å². The van der Waals surface area contributed by atoms with Crippen LogP contribution >= 0.6 is 0 Å². The first-order chi connectivity index (χ1) is 36.0. The number of rotatable bonds is 59. The van der Waals surface area contributed by atoms with Gasteiger partial charge in [0.1, 0.15) is 13.2 Å². The third kappa shape index (κ3) is 60.1. The van der Waals surface area contributed by atoms with Gasteiger partial charge in [0.2, 0.25) is 0 Å². The van der Waals surface area contributed by atoms with Crippen LogP contribution in [0.3, 0.4) is 0 Å². The lowest BCUT2D eigenvalue weighted by atomic mass is 10.0. The maximum atomic E-state index is 12.9. The average Bonchev–Trinajstić information content (AvgIpc) is 3.39. The Morgan fingerprint density at radius 2 is 0.521 bits per heavy atom. The molecule has 426 valence electrons. The van der Waals surface area contributed by atoms with E-state index in [1.54, 1.807) is 0 Å². The van der Waals surface area contributed by atoms with Crippen LogP contribution in [0.2, 0.25) is 0 Å². The molecule has 0 aromatic rings. The third-order valence-electron chi connectivity index (χ3n) is 14.3. The summed E-state index contributed by atoms with van der Waals surface area (Å²) in [4.78, 5) is 38.2. The van der Waals surface area contributed by atoms with Crippen LogP contribution in [-0.2, 0) is 28.6 Å². The Morgan fingerprint density at radius 3 is 0.808 bits per heavy atom. The highest BCUT2D eigenvalue weighted by Crippen LogP contribution is 2.17. The van der Waals surface area contributed by atoms with E-state index in [-0.39, 0.29) is 31.1 Å². The summed E-state index contributed by atoms with van der Waals surface area (Å²) >= 11 is 0. The smallest absolute Gasteiger partial charge is 0.306 e. The summed E-state index contributed by atoms with van der Waals surface area (Å²) in [5.41, 5.74) is 0. The molecule has 0 aliphatic heterocycles. The summed E-state index contributed by atoms with van der Waals surface area (Å²) in [6.45, 7) is 6.60. The van der Waals surface area contributed by atoms with Gasteiger partial charge in [0.15, 0.2) is 6.10 Å². The first-order valence-corrected chi connectivity index (χ1v) is 32.1. The second kappa shape index (κ2) is 61.9. The summed E-state index contributed by atoms with van der Waals surface area (Å²) in [5, 5.41) is 0.